The van der Waals surface area contributed by atoms with Crippen molar-refractivity contribution in [3.05, 3.63) is 0 Å². The van der Waals surface area contributed by atoms with Gasteiger partial charge in [-0.05, 0) is 31.9 Å². The third-order valence-corrected chi connectivity index (χ3v) is 5.47. The van der Waals surface area contributed by atoms with Gasteiger partial charge in [0, 0.05) is 30.4 Å². The van der Waals surface area contributed by atoms with E-state index in [1.807, 2.05) is 11.8 Å². The summed E-state index contributed by atoms with van der Waals surface area (Å²) in [5, 5.41) is 5.61. The van der Waals surface area contributed by atoms with Gasteiger partial charge in [-0.2, -0.15) is 24.9 Å². The van der Waals surface area contributed by atoms with Crippen molar-refractivity contribution in [2.45, 2.75) is 43.2 Å². The second kappa shape index (κ2) is 6.64. The van der Waals surface area contributed by atoms with E-state index in [2.05, 4.69) is 17.6 Å². The van der Waals surface area contributed by atoms with Gasteiger partial charge >= 0.3 is 12.2 Å². The lowest BCUT2D eigenvalue weighted by Crippen LogP contribution is -2.47. The van der Waals surface area contributed by atoms with Crippen molar-refractivity contribution in [3.63, 3.8) is 0 Å². The maximum atomic E-state index is 12.3. The highest BCUT2D eigenvalue weighted by Crippen LogP contribution is 2.36. The number of nitrogens with one attached hydrogen (secondary N) is 2. The van der Waals surface area contributed by atoms with E-state index in [1.54, 1.807) is 0 Å². The summed E-state index contributed by atoms with van der Waals surface area (Å²) in [4.78, 5) is 13.2. The quantitative estimate of drug-likeness (QED) is 0.833. The van der Waals surface area contributed by atoms with Gasteiger partial charge in [0.25, 0.3) is 0 Å². The molecule has 0 saturated carbocycles. The summed E-state index contributed by atoms with van der Waals surface area (Å²) in [6.07, 6.45) is -1.36. The summed E-state index contributed by atoms with van der Waals surface area (Å²) in [5.41, 5.74) is 0. The fourth-order valence-electron chi connectivity index (χ4n) is 2.83. The number of halogens is 3. The highest BCUT2D eigenvalue weighted by molar-refractivity contribution is 8.00. The Balaban J connectivity index is 1.67. The predicted molar refractivity (Wildman–Crippen MR) is 77.5 cm³/mol. The van der Waals surface area contributed by atoms with E-state index < -0.39 is 12.7 Å². The summed E-state index contributed by atoms with van der Waals surface area (Å²) in [5.74, 6) is 1.12. The molecule has 0 aromatic rings. The van der Waals surface area contributed by atoms with Crippen LogP contribution >= 0.6 is 11.8 Å². The minimum absolute atomic E-state index is 0.0926. The van der Waals surface area contributed by atoms with E-state index in [4.69, 9.17) is 0 Å². The van der Waals surface area contributed by atoms with Crippen molar-refractivity contribution in [1.82, 2.24) is 15.5 Å². The molecule has 2 aliphatic rings. The maximum Gasteiger partial charge on any atom is 0.401 e. The third-order valence-electron chi connectivity index (χ3n) is 3.93. The summed E-state index contributed by atoms with van der Waals surface area (Å²) < 4.78 is 37.0. The van der Waals surface area contributed by atoms with Crippen molar-refractivity contribution >= 4 is 17.8 Å². The number of carbonyl (C=O) groups is 1. The molecule has 0 aliphatic carbocycles. The van der Waals surface area contributed by atoms with Crippen LogP contribution in [0, 0.1) is 0 Å². The minimum Gasteiger partial charge on any atom is -0.337 e. The van der Waals surface area contributed by atoms with Crippen molar-refractivity contribution in [2.75, 3.05) is 31.9 Å². The van der Waals surface area contributed by atoms with Crippen molar-refractivity contribution in [2.24, 2.45) is 0 Å². The Hall–Kier alpha value is -0.630. The van der Waals surface area contributed by atoms with Gasteiger partial charge in [-0.1, -0.05) is 0 Å². The molecular formula is C13H22F3N3OS. The van der Waals surface area contributed by atoms with Crippen LogP contribution in [0.15, 0.2) is 0 Å². The normalized spacial score (nSPS) is 30.6. The first-order valence-electron chi connectivity index (χ1n) is 7.23. The zero-order valence-electron chi connectivity index (χ0n) is 12.1. The largest absolute Gasteiger partial charge is 0.401 e. The number of amides is 2. The lowest BCUT2D eigenvalue weighted by atomic mass is 10.1. The van der Waals surface area contributed by atoms with E-state index in [9.17, 15) is 18.0 Å². The molecule has 0 unspecified atom stereocenters. The predicted octanol–water partition coefficient (Wildman–Crippen LogP) is 2.21. The standard InChI is InChI=1S/C13H22F3N3OS/c1-12(4-2-6-21-12)8-17-11(20)18-10-3-5-19(7-10)9-13(14,15)16/h10H,2-9H2,1H3,(H2,17,18,20)/t10-,12-/m0/s1. The third kappa shape index (κ3) is 5.58. The van der Waals surface area contributed by atoms with Crippen LogP contribution in [-0.2, 0) is 0 Å². The summed E-state index contributed by atoms with van der Waals surface area (Å²) in [6, 6.07) is -0.473. The lowest BCUT2D eigenvalue weighted by Gasteiger charge is -2.24. The Morgan fingerprint density at radius 1 is 1.48 bits per heavy atom. The maximum absolute atomic E-state index is 12.3. The Bertz CT molecular complexity index is 372. The van der Waals surface area contributed by atoms with Crippen LogP contribution in [-0.4, -0.2) is 59.8 Å². The number of hydrogen-bond acceptors (Lipinski definition) is 3. The molecule has 2 aliphatic heterocycles. The number of urea groups is 1. The van der Waals surface area contributed by atoms with Crippen LogP contribution in [0.25, 0.3) is 0 Å². The number of thioether (sulfide) groups is 1. The Kier molecular flexibility index (Phi) is 5.29. The number of alkyl halides is 3. The number of carbonyl (C=O) groups excluding carboxylic acids is 1. The molecule has 4 nitrogen and oxygen atoms in total. The Morgan fingerprint density at radius 3 is 2.86 bits per heavy atom. The zero-order valence-corrected chi connectivity index (χ0v) is 12.9. The Morgan fingerprint density at radius 2 is 2.24 bits per heavy atom. The van der Waals surface area contributed by atoms with E-state index in [0.29, 0.717) is 19.5 Å². The molecule has 2 saturated heterocycles. The second-order valence-electron chi connectivity index (χ2n) is 6.06. The van der Waals surface area contributed by atoms with Crippen LogP contribution in [0.4, 0.5) is 18.0 Å². The molecule has 2 rings (SSSR count). The number of rotatable bonds is 4. The molecule has 122 valence electrons. The molecule has 2 heterocycles. The summed E-state index contributed by atoms with van der Waals surface area (Å²) in [6.45, 7) is 2.46. The first kappa shape index (κ1) is 16.7. The molecule has 0 radical (unpaired) electrons. The van der Waals surface area contributed by atoms with Gasteiger partial charge in [0.05, 0.1) is 6.54 Å². The highest BCUT2D eigenvalue weighted by atomic mass is 32.2. The molecule has 2 N–H and O–H groups in total. The SMILES string of the molecule is C[C@@]1(CNC(=O)N[C@H]2CCN(CC(F)(F)F)C2)CCCS1. The Labute approximate surface area is 127 Å². The first-order chi connectivity index (χ1) is 9.76. The first-order valence-corrected chi connectivity index (χ1v) is 8.22. The van der Waals surface area contributed by atoms with Gasteiger partial charge in [0.15, 0.2) is 0 Å². The van der Waals surface area contributed by atoms with Gasteiger partial charge < -0.3 is 10.6 Å². The van der Waals surface area contributed by atoms with Crippen LogP contribution in [0.2, 0.25) is 0 Å². The van der Waals surface area contributed by atoms with E-state index in [1.165, 1.54) is 11.3 Å². The molecule has 2 amide bonds. The summed E-state index contributed by atoms with van der Waals surface area (Å²) in [7, 11) is 0. The highest BCUT2D eigenvalue weighted by Gasteiger charge is 2.35. The monoisotopic (exact) mass is 325 g/mol. The van der Waals surface area contributed by atoms with E-state index in [-0.39, 0.29) is 23.4 Å². The fraction of sp³-hybridized carbons (Fsp3) is 0.923. The average Bonchev–Trinajstić information content (AvgIpc) is 2.95. The van der Waals surface area contributed by atoms with Gasteiger partial charge in [-0.15, -0.1) is 0 Å². The van der Waals surface area contributed by atoms with Crippen molar-refractivity contribution in [1.29, 1.82) is 0 Å². The average molecular weight is 325 g/mol. The fourth-order valence-corrected chi connectivity index (χ4v) is 4.07. The summed E-state index contributed by atoms with van der Waals surface area (Å²) >= 11 is 1.86. The topological polar surface area (TPSA) is 44.4 Å². The van der Waals surface area contributed by atoms with Crippen molar-refractivity contribution < 1.29 is 18.0 Å². The molecule has 0 aromatic carbocycles. The second-order valence-corrected chi connectivity index (χ2v) is 7.75. The lowest BCUT2D eigenvalue weighted by molar-refractivity contribution is -0.143. The van der Waals surface area contributed by atoms with Crippen LogP contribution in [0.3, 0.4) is 0 Å². The van der Waals surface area contributed by atoms with Crippen molar-refractivity contribution in [3.8, 4) is 0 Å². The van der Waals surface area contributed by atoms with Gasteiger partial charge in [-0.25, -0.2) is 4.79 Å². The van der Waals surface area contributed by atoms with Gasteiger partial charge in [-0.3, -0.25) is 4.90 Å². The van der Waals surface area contributed by atoms with E-state index in [0.717, 1.165) is 12.2 Å². The molecule has 0 spiro atoms. The smallest absolute Gasteiger partial charge is 0.337 e. The number of likely N-dealkylation sites (tertiary alicyclic amines) is 1. The van der Waals surface area contributed by atoms with Crippen LogP contribution < -0.4 is 10.6 Å². The van der Waals surface area contributed by atoms with Gasteiger partial charge in [0.1, 0.15) is 0 Å². The molecule has 2 atom stereocenters. The molecular weight excluding hydrogens is 303 g/mol. The zero-order chi connectivity index (χ0) is 15.5. The van der Waals surface area contributed by atoms with E-state index >= 15 is 0 Å². The van der Waals surface area contributed by atoms with Gasteiger partial charge in [0.2, 0.25) is 0 Å². The molecule has 21 heavy (non-hydrogen) atoms. The minimum atomic E-state index is -4.18. The van der Waals surface area contributed by atoms with Crippen LogP contribution in [0.5, 0.6) is 0 Å². The molecule has 0 bridgehead atoms. The van der Waals surface area contributed by atoms with Crippen LogP contribution in [0.1, 0.15) is 26.2 Å². The molecule has 8 heteroatoms. The molecule has 0 aromatic heterocycles. The number of nitrogens with zero attached hydrogens (tertiary/aromatic N) is 1. The number of hydrogen-bond donors (Lipinski definition) is 2. The molecule has 2 fully saturated rings.